The van der Waals surface area contributed by atoms with Gasteiger partial charge in [0, 0.05) is 12.1 Å². The molecule has 1 aromatic rings. The first kappa shape index (κ1) is 15.3. The molecule has 1 N–H and O–H groups in total. The van der Waals surface area contributed by atoms with Gasteiger partial charge in [-0.15, -0.1) is 0 Å². The van der Waals surface area contributed by atoms with Crippen molar-refractivity contribution in [2.45, 2.75) is 38.6 Å². The summed E-state index contributed by atoms with van der Waals surface area (Å²) in [5, 5.41) is 3.97. The molecular formula is C15H21ClN2O2. The normalized spacial score (nSPS) is 23.4. The van der Waals surface area contributed by atoms with Crippen molar-refractivity contribution in [1.29, 1.82) is 0 Å². The van der Waals surface area contributed by atoms with Crippen LogP contribution in [0.4, 0.5) is 0 Å². The van der Waals surface area contributed by atoms with Gasteiger partial charge in [0.05, 0.1) is 18.2 Å². The van der Waals surface area contributed by atoms with Crippen molar-refractivity contribution in [2.24, 2.45) is 0 Å². The van der Waals surface area contributed by atoms with E-state index in [0.717, 1.165) is 5.56 Å². The van der Waals surface area contributed by atoms with Crippen molar-refractivity contribution in [3.05, 3.63) is 34.9 Å². The number of halogens is 1. The highest BCUT2D eigenvalue weighted by Gasteiger charge is 2.39. The Balaban J connectivity index is 2.28. The van der Waals surface area contributed by atoms with Crippen LogP contribution in [0, 0.1) is 0 Å². The summed E-state index contributed by atoms with van der Waals surface area (Å²) in [4.78, 5) is 14.2. The first-order valence-electron chi connectivity index (χ1n) is 6.71. The molecule has 20 heavy (non-hydrogen) atoms. The molecule has 0 aromatic heterocycles. The highest BCUT2D eigenvalue weighted by Crippen LogP contribution is 2.29. The lowest BCUT2D eigenvalue weighted by molar-refractivity contribution is -0.133. The Hall–Kier alpha value is -1.10. The molecule has 0 bridgehead atoms. The number of hydrogen-bond donors (Lipinski definition) is 1. The van der Waals surface area contributed by atoms with Gasteiger partial charge in [-0.2, -0.15) is 0 Å². The van der Waals surface area contributed by atoms with Gasteiger partial charge in [0.25, 0.3) is 0 Å². The number of nitrogens with one attached hydrogen (secondary N) is 1. The van der Waals surface area contributed by atoms with E-state index in [4.69, 9.17) is 16.3 Å². The first-order valence-corrected chi connectivity index (χ1v) is 7.09. The van der Waals surface area contributed by atoms with Crippen molar-refractivity contribution in [1.82, 2.24) is 10.2 Å². The summed E-state index contributed by atoms with van der Waals surface area (Å²) in [6.45, 7) is 6.34. The molecule has 0 spiro atoms. The van der Waals surface area contributed by atoms with Crippen LogP contribution in [0.2, 0.25) is 5.02 Å². The number of benzene rings is 1. The number of methoxy groups -OCH3 is 1. The van der Waals surface area contributed by atoms with Crippen LogP contribution in [-0.4, -0.2) is 36.1 Å². The van der Waals surface area contributed by atoms with Gasteiger partial charge in [-0.05, 0) is 38.5 Å². The van der Waals surface area contributed by atoms with Crippen LogP contribution in [0.25, 0.3) is 0 Å². The van der Waals surface area contributed by atoms with E-state index in [-0.39, 0.29) is 18.1 Å². The van der Waals surface area contributed by atoms with E-state index in [9.17, 15) is 4.79 Å². The van der Waals surface area contributed by atoms with Gasteiger partial charge in [0.15, 0.2) is 0 Å². The number of carbonyl (C=O) groups excluding carboxylic acids is 1. The lowest BCUT2D eigenvalue weighted by Gasteiger charge is -2.32. The molecule has 110 valence electrons. The molecule has 0 radical (unpaired) electrons. The number of rotatable bonds is 4. The summed E-state index contributed by atoms with van der Waals surface area (Å²) < 4.78 is 5.44. The average molecular weight is 297 g/mol. The Labute approximate surface area is 125 Å². The van der Waals surface area contributed by atoms with Crippen LogP contribution in [0.1, 0.15) is 32.5 Å². The Morgan fingerprint density at radius 3 is 2.75 bits per heavy atom. The average Bonchev–Trinajstić information content (AvgIpc) is 2.67. The molecule has 0 aliphatic carbocycles. The first-order chi connectivity index (χ1) is 9.34. The summed E-state index contributed by atoms with van der Waals surface area (Å²) in [6, 6.07) is 7.38. The van der Waals surface area contributed by atoms with E-state index in [0.29, 0.717) is 11.6 Å². The topological polar surface area (TPSA) is 41.6 Å². The SMILES string of the molecule is COC(C)(C)CN1C(=O)C(C)NC1c1cccc(Cl)c1. The summed E-state index contributed by atoms with van der Waals surface area (Å²) in [5.41, 5.74) is 0.597. The fourth-order valence-electron chi connectivity index (χ4n) is 2.37. The smallest absolute Gasteiger partial charge is 0.241 e. The van der Waals surface area contributed by atoms with Crippen molar-refractivity contribution in [3.8, 4) is 0 Å². The molecule has 1 aliphatic heterocycles. The van der Waals surface area contributed by atoms with Crippen molar-refractivity contribution in [2.75, 3.05) is 13.7 Å². The molecule has 1 aromatic carbocycles. The number of carbonyl (C=O) groups is 1. The summed E-state index contributed by atoms with van der Waals surface area (Å²) >= 11 is 6.05. The Morgan fingerprint density at radius 1 is 1.45 bits per heavy atom. The van der Waals surface area contributed by atoms with E-state index in [2.05, 4.69) is 5.32 Å². The van der Waals surface area contributed by atoms with Gasteiger partial charge in [0.2, 0.25) is 5.91 Å². The molecule has 0 saturated carbocycles. The second-order valence-electron chi connectivity index (χ2n) is 5.78. The summed E-state index contributed by atoms with van der Waals surface area (Å²) in [5.74, 6) is 0.0834. The van der Waals surface area contributed by atoms with Crippen LogP contribution >= 0.6 is 11.6 Å². The highest BCUT2D eigenvalue weighted by molar-refractivity contribution is 6.30. The molecule has 1 heterocycles. The lowest BCUT2D eigenvalue weighted by Crippen LogP contribution is -2.43. The third kappa shape index (κ3) is 3.14. The number of hydrogen-bond acceptors (Lipinski definition) is 3. The molecule has 2 unspecified atom stereocenters. The molecule has 4 nitrogen and oxygen atoms in total. The third-order valence-corrected chi connectivity index (χ3v) is 3.88. The second kappa shape index (κ2) is 5.72. The van der Waals surface area contributed by atoms with Crippen LogP contribution in [0.5, 0.6) is 0 Å². The van der Waals surface area contributed by atoms with Crippen molar-refractivity contribution < 1.29 is 9.53 Å². The van der Waals surface area contributed by atoms with Gasteiger partial charge in [-0.3, -0.25) is 10.1 Å². The van der Waals surface area contributed by atoms with E-state index >= 15 is 0 Å². The maximum absolute atomic E-state index is 12.3. The van der Waals surface area contributed by atoms with E-state index < -0.39 is 5.60 Å². The monoisotopic (exact) mass is 296 g/mol. The molecule has 5 heteroatoms. The molecule has 2 atom stereocenters. The predicted molar refractivity (Wildman–Crippen MR) is 79.6 cm³/mol. The largest absolute Gasteiger partial charge is 0.377 e. The van der Waals surface area contributed by atoms with Gasteiger partial charge in [-0.1, -0.05) is 23.7 Å². The van der Waals surface area contributed by atoms with Crippen LogP contribution in [0.3, 0.4) is 0 Å². The van der Waals surface area contributed by atoms with Gasteiger partial charge in [-0.25, -0.2) is 0 Å². The van der Waals surface area contributed by atoms with Gasteiger partial charge in [0.1, 0.15) is 6.17 Å². The third-order valence-electron chi connectivity index (χ3n) is 3.64. The van der Waals surface area contributed by atoms with E-state index in [1.54, 1.807) is 7.11 Å². The molecule has 1 aliphatic rings. The zero-order chi connectivity index (χ0) is 14.9. The highest BCUT2D eigenvalue weighted by atomic mass is 35.5. The Kier molecular flexibility index (Phi) is 4.37. The fraction of sp³-hybridized carbons (Fsp3) is 0.533. The zero-order valence-electron chi connectivity index (χ0n) is 12.3. The minimum Gasteiger partial charge on any atom is -0.377 e. The molecule has 1 amide bonds. The zero-order valence-corrected chi connectivity index (χ0v) is 13.1. The molecule has 1 saturated heterocycles. The van der Waals surface area contributed by atoms with Gasteiger partial charge < -0.3 is 9.64 Å². The standard InChI is InChI=1S/C15H21ClN2O2/c1-10-14(19)18(9-15(2,3)20-4)13(17-10)11-6-5-7-12(16)8-11/h5-8,10,13,17H,9H2,1-4H3. The number of ether oxygens (including phenoxy) is 1. The fourth-order valence-corrected chi connectivity index (χ4v) is 2.57. The van der Waals surface area contributed by atoms with Crippen LogP contribution in [0.15, 0.2) is 24.3 Å². The Morgan fingerprint density at radius 2 is 2.15 bits per heavy atom. The van der Waals surface area contributed by atoms with Crippen LogP contribution < -0.4 is 5.32 Å². The quantitative estimate of drug-likeness (QED) is 0.928. The van der Waals surface area contributed by atoms with E-state index in [1.165, 1.54) is 0 Å². The maximum Gasteiger partial charge on any atom is 0.241 e. The number of amides is 1. The molecule has 1 fully saturated rings. The maximum atomic E-state index is 12.3. The van der Waals surface area contributed by atoms with Crippen molar-refractivity contribution >= 4 is 17.5 Å². The predicted octanol–water partition coefficient (Wildman–Crippen LogP) is 2.58. The van der Waals surface area contributed by atoms with Crippen molar-refractivity contribution in [3.63, 3.8) is 0 Å². The minimum absolute atomic E-state index is 0.0834. The van der Waals surface area contributed by atoms with Crippen LogP contribution in [-0.2, 0) is 9.53 Å². The summed E-state index contributed by atoms with van der Waals surface area (Å²) in [6.07, 6.45) is -0.161. The lowest BCUT2D eigenvalue weighted by atomic mass is 10.1. The van der Waals surface area contributed by atoms with Gasteiger partial charge >= 0.3 is 0 Å². The molecular weight excluding hydrogens is 276 g/mol. The molecule has 2 rings (SSSR count). The van der Waals surface area contributed by atoms with E-state index in [1.807, 2.05) is 49.9 Å². The summed E-state index contributed by atoms with van der Waals surface area (Å²) in [7, 11) is 1.66. The Bertz CT molecular complexity index is 504. The minimum atomic E-state index is -0.391. The second-order valence-corrected chi connectivity index (χ2v) is 6.21. The number of nitrogens with zero attached hydrogens (tertiary/aromatic N) is 1.